The molecular weight excluding hydrogens is 381 g/mol. The number of hydrogen-bond acceptors (Lipinski definition) is 5. The minimum atomic E-state index is -0.370. The van der Waals surface area contributed by atoms with Gasteiger partial charge in [-0.25, -0.2) is 14.4 Å². The Morgan fingerprint density at radius 2 is 2.07 bits per heavy atom. The van der Waals surface area contributed by atoms with E-state index < -0.39 is 0 Å². The van der Waals surface area contributed by atoms with Crippen molar-refractivity contribution in [2.45, 2.75) is 13.0 Å². The molecule has 0 aliphatic rings. The number of hydrogen-bond donors (Lipinski definition) is 2. The highest BCUT2D eigenvalue weighted by Crippen LogP contribution is 2.26. The third-order valence-corrected chi connectivity index (χ3v) is 4.70. The highest BCUT2D eigenvalue weighted by molar-refractivity contribution is 6.30. The second kappa shape index (κ2) is 7.82. The number of anilines is 1. The molecule has 0 fully saturated rings. The fourth-order valence-electron chi connectivity index (χ4n) is 2.94. The molecule has 28 heavy (non-hydrogen) atoms. The van der Waals surface area contributed by atoms with E-state index in [2.05, 4.69) is 25.3 Å². The minimum absolute atomic E-state index is 0.370. The molecule has 2 N–H and O–H groups in total. The molecule has 4 aromatic heterocycles. The van der Waals surface area contributed by atoms with Crippen molar-refractivity contribution in [1.82, 2.24) is 19.9 Å². The Balaban J connectivity index is 1.50. The van der Waals surface area contributed by atoms with E-state index in [4.69, 9.17) is 16.3 Å². The number of nitrogens with zero attached hydrogens (tertiary/aromatic N) is 3. The van der Waals surface area contributed by atoms with Gasteiger partial charge in [-0.15, -0.1) is 0 Å². The zero-order chi connectivity index (χ0) is 19.5. The lowest BCUT2D eigenvalue weighted by molar-refractivity contribution is 0.413. The number of nitrogens with one attached hydrogen (secondary N) is 2. The fourth-order valence-corrected chi connectivity index (χ4v) is 3.16. The summed E-state index contributed by atoms with van der Waals surface area (Å²) in [6.07, 6.45) is 6.96. The first-order chi connectivity index (χ1) is 13.6. The van der Waals surface area contributed by atoms with E-state index in [1.54, 1.807) is 19.5 Å². The van der Waals surface area contributed by atoms with Gasteiger partial charge in [0.25, 0.3) is 0 Å². The van der Waals surface area contributed by atoms with Crippen LogP contribution in [0.2, 0.25) is 5.15 Å². The van der Waals surface area contributed by atoms with Gasteiger partial charge in [0, 0.05) is 30.7 Å². The van der Waals surface area contributed by atoms with Gasteiger partial charge in [0.15, 0.2) is 0 Å². The van der Waals surface area contributed by atoms with E-state index in [1.807, 2.05) is 24.4 Å². The molecule has 0 radical (unpaired) electrons. The summed E-state index contributed by atoms with van der Waals surface area (Å²) in [5.41, 5.74) is 3.46. The first-order valence-corrected chi connectivity index (χ1v) is 8.99. The standard InChI is InChI=1S/C20H17ClFN5O/c1-28-16-6-17-14(9-25-20(17)26-11-16)5-13-2-3-18(27-19(13)21)24-8-12-4-15(22)10-23-7-12/h2-4,6-7,9-11H,5,8H2,1H3,(H,24,27)(H,25,26). The molecule has 0 spiro atoms. The van der Waals surface area contributed by atoms with Crippen molar-refractivity contribution in [1.29, 1.82) is 0 Å². The number of rotatable bonds is 6. The highest BCUT2D eigenvalue weighted by Gasteiger charge is 2.11. The van der Waals surface area contributed by atoms with Gasteiger partial charge in [-0.2, -0.15) is 0 Å². The molecule has 0 aliphatic heterocycles. The second-order valence-corrected chi connectivity index (χ2v) is 6.63. The van der Waals surface area contributed by atoms with Gasteiger partial charge >= 0.3 is 0 Å². The molecule has 0 atom stereocenters. The first kappa shape index (κ1) is 18.2. The van der Waals surface area contributed by atoms with Crippen molar-refractivity contribution in [3.8, 4) is 5.75 Å². The van der Waals surface area contributed by atoms with Crippen LogP contribution in [-0.4, -0.2) is 27.0 Å². The quantitative estimate of drug-likeness (QED) is 0.473. The van der Waals surface area contributed by atoms with Gasteiger partial charge in [-0.05, 0) is 34.9 Å². The van der Waals surface area contributed by atoms with Gasteiger partial charge in [0.2, 0.25) is 0 Å². The maximum Gasteiger partial charge on any atom is 0.141 e. The van der Waals surface area contributed by atoms with Crippen LogP contribution in [0.15, 0.2) is 49.1 Å². The predicted octanol–water partition coefficient (Wildman–Crippen LogP) is 4.36. The number of methoxy groups -OCH3 is 1. The lowest BCUT2D eigenvalue weighted by atomic mass is 10.1. The Labute approximate surface area is 165 Å². The molecule has 4 heterocycles. The van der Waals surface area contributed by atoms with Crippen LogP contribution in [0.3, 0.4) is 0 Å². The number of H-pyrrole nitrogens is 1. The molecule has 4 aromatic rings. The number of ether oxygens (including phenoxy) is 1. The molecule has 0 bridgehead atoms. The lowest BCUT2D eigenvalue weighted by Crippen LogP contribution is -2.03. The summed E-state index contributed by atoms with van der Waals surface area (Å²) in [6, 6.07) is 7.14. The van der Waals surface area contributed by atoms with Crippen LogP contribution < -0.4 is 10.1 Å². The Morgan fingerprint density at radius 1 is 1.18 bits per heavy atom. The molecule has 6 nitrogen and oxygen atoms in total. The van der Waals surface area contributed by atoms with Crippen LogP contribution in [0.4, 0.5) is 10.2 Å². The summed E-state index contributed by atoms with van der Waals surface area (Å²) in [7, 11) is 1.61. The van der Waals surface area contributed by atoms with E-state index in [-0.39, 0.29) is 5.82 Å². The summed E-state index contributed by atoms with van der Waals surface area (Å²) in [5, 5.41) is 4.52. The summed E-state index contributed by atoms with van der Waals surface area (Å²) >= 11 is 6.39. The van der Waals surface area contributed by atoms with Crippen LogP contribution in [-0.2, 0) is 13.0 Å². The molecule has 0 saturated heterocycles. The number of halogens is 2. The summed E-state index contributed by atoms with van der Waals surface area (Å²) in [4.78, 5) is 15.7. The smallest absolute Gasteiger partial charge is 0.141 e. The van der Waals surface area contributed by atoms with Crippen molar-refractivity contribution in [3.63, 3.8) is 0 Å². The normalized spacial score (nSPS) is 11.0. The zero-order valence-corrected chi connectivity index (χ0v) is 15.8. The first-order valence-electron chi connectivity index (χ1n) is 8.61. The van der Waals surface area contributed by atoms with E-state index >= 15 is 0 Å². The highest BCUT2D eigenvalue weighted by atomic mass is 35.5. The van der Waals surface area contributed by atoms with Gasteiger partial charge in [0.1, 0.15) is 28.2 Å². The minimum Gasteiger partial charge on any atom is -0.495 e. The average Bonchev–Trinajstić information content (AvgIpc) is 3.10. The lowest BCUT2D eigenvalue weighted by Gasteiger charge is -2.09. The summed E-state index contributed by atoms with van der Waals surface area (Å²) < 4.78 is 18.5. The van der Waals surface area contributed by atoms with Crippen LogP contribution in [0.1, 0.15) is 16.7 Å². The van der Waals surface area contributed by atoms with E-state index in [1.165, 1.54) is 12.3 Å². The zero-order valence-electron chi connectivity index (χ0n) is 15.0. The molecule has 142 valence electrons. The average molecular weight is 398 g/mol. The number of aromatic amines is 1. The number of aromatic nitrogens is 4. The van der Waals surface area contributed by atoms with Crippen molar-refractivity contribution < 1.29 is 9.13 Å². The van der Waals surface area contributed by atoms with Crippen molar-refractivity contribution >= 4 is 28.5 Å². The molecule has 0 amide bonds. The third kappa shape index (κ3) is 3.89. The van der Waals surface area contributed by atoms with Gasteiger partial charge < -0.3 is 15.0 Å². The second-order valence-electron chi connectivity index (χ2n) is 6.27. The summed E-state index contributed by atoms with van der Waals surface area (Å²) in [6.45, 7) is 0.404. The Hall–Kier alpha value is -3.19. The van der Waals surface area contributed by atoms with E-state index in [0.717, 1.165) is 27.7 Å². The van der Waals surface area contributed by atoms with Gasteiger partial charge in [-0.3, -0.25) is 4.98 Å². The maximum atomic E-state index is 13.2. The summed E-state index contributed by atoms with van der Waals surface area (Å²) in [5.74, 6) is 0.940. The van der Waals surface area contributed by atoms with Crippen molar-refractivity contribution in [2.24, 2.45) is 0 Å². The van der Waals surface area contributed by atoms with Crippen LogP contribution in [0, 0.1) is 5.82 Å². The molecule has 0 aliphatic carbocycles. The molecule has 0 saturated carbocycles. The Kier molecular flexibility index (Phi) is 5.08. The van der Waals surface area contributed by atoms with E-state index in [0.29, 0.717) is 29.7 Å². The Bertz CT molecular complexity index is 1130. The fraction of sp³-hybridized carbons (Fsp3) is 0.150. The number of fused-ring (bicyclic) bond motifs is 1. The maximum absolute atomic E-state index is 13.2. The Morgan fingerprint density at radius 3 is 2.86 bits per heavy atom. The van der Waals surface area contributed by atoms with Crippen molar-refractivity contribution in [3.05, 3.63) is 76.7 Å². The van der Waals surface area contributed by atoms with Gasteiger partial charge in [0.05, 0.1) is 19.5 Å². The molecule has 8 heteroatoms. The van der Waals surface area contributed by atoms with Crippen LogP contribution in [0.25, 0.3) is 11.0 Å². The largest absolute Gasteiger partial charge is 0.495 e. The molecule has 0 aromatic carbocycles. The monoisotopic (exact) mass is 397 g/mol. The van der Waals surface area contributed by atoms with Crippen LogP contribution >= 0.6 is 11.6 Å². The molecule has 0 unspecified atom stereocenters. The van der Waals surface area contributed by atoms with Crippen LogP contribution in [0.5, 0.6) is 5.75 Å². The predicted molar refractivity (Wildman–Crippen MR) is 106 cm³/mol. The third-order valence-electron chi connectivity index (χ3n) is 4.37. The topological polar surface area (TPSA) is 75.7 Å². The number of pyridine rings is 3. The molecule has 4 rings (SSSR count). The molecular formula is C20H17ClFN5O. The van der Waals surface area contributed by atoms with E-state index in [9.17, 15) is 4.39 Å². The van der Waals surface area contributed by atoms with Crippen molar-refractivity contribution in [2.75, 3.05) is 12.4 Å². The van der Waals surface area contributed by atoms with Gasteiger partial charge in [-0.1, -0.05) is 17.7 Å². The SMILES string of the molecule is COc1cnc2[nH]cc(Cc3ccc(NCc4cncc(F)c4)nc3Cl)c2c1.